The average molecular weight is 288 g/mol. The number of amides is 1. The molecule has 6 heteroatoms. The van der Waals surface area contributed by atoms with Crippen LogP contribution in [0, 0.1) is 5.82 Å². The predicted octanol–water partition coefficient (Wildman–Crippen LogP) is 3.08. The normalized spacial score (nSPS) is 11.8. The van der Waals surface area contributed by atoms with Crippen LogP contribution in [0.25, 0.3) is 0 Å². The molecule has 0 bridgehead atoms. The summed E-state index contributed by atoms with van der Waals surface area (Å²) in [6.45, 7) is 4.03. The van der Waals surface area contributed by atoms with Crippen molar-refractivity contribution in [2.45, 2.75) is 26.3 Å². The molecule has 2 aromatic rings. The third-order valence-electron chi connectivity index (χ3n) is 3.00. The van der Waals surface area contributed by atoms with Crippen molar-refractivity contribution in [3.05, 3.63) is 48.0 Å². The predicted molar refractivity (Wildman–Crippen MR) is 79.8 cm³/mol. The first-order valence-electron chi connectivity index (χ1n) is 6.75. The summed E-state index contributed by atoms with van der Waals surface area (Å²) >= 11 is 0. The van der Waals surface area contributed by atoms with Crippen LogP contribution in [0.5, 0.6) is 0 Å². The van der Waals surface area contributed by atoms with Gasteiger partial charge in [-0.1, -0.05) is 19.1 Å². The van der Waals surface area contributed by atoms with Gasteiger partial charge in [0.15, 0.2) is 0 Å². The van der Waals surface area contributed by atoms with Crippen LogP contribution in [0.3, 0.4) is 0 Å². The third-order valence-corrected chi connectivity index (χ3v) is 3.00. The maximum atomic E-state index is 13.5. The van der Waals surface area contributed by atoms with Crippen molar-refractivity contribution < 1.29 is 9.18 Å². The highest BCUT2D eigenvalue weighted by Crippen LogP contribution is 2.14. The van der Waals surface area contributed by atoms with E-state index in [-0.39, 0.29) is 17.4 Å². The molecule has 110 valence electrons. The number of rotatable bonds is 5. The average Bonchev–Trinajstić information content (AvgIpc) is 2.49. The molecule has 1 heterocycles. The quantitative estimate of drug-likeness (QED) is 0.887. The second-order valence-electron chi connectivity index (χ2n) is 4.65. The number of benzene rings is 1. The molecular weight excluding hydrogens is 271 g/mol. The van der Waals surface area contributed by atoms with E-state index in [4.69, 9.17) is 0 Å². The van der Waals surface area contributed by atoms with Crippen LogP contribution < -0.4 is 10.6 Å². The van der Waals surface area contributed by atoms with Gasteiger partial charge in [0.1, 0.15) is 11.5 Å². The molecule has 21 heavy (non-hydrogen) atoms. The molecule has 0 aliphatic rings. The molecule has 0 fully saturated rings. The van der Waals surface area contributed by atoms with Crippen LogP contribution in [0.1, 0.15) is 30.8 Å². The Morgan fingerprint density at radius 3 is 2.81 bits per heavy atom. The Morgan fingerprint density at radius 1 is 1.33 bits per heavy atom. The lowest BCUT2D eigenvalue weighted by molar-refractivity contribution is 0.102. The Morgan fingerprint density at radius 2 is 2.10 bits per heavy atom. The first kappa shape index (κ1) is 14.9. The molecule has 1 amide bonds. The Kier molecular flexibility index (Phi) is 4.81. The fraction of sp³-hybridized carbons (Fsp3) is 0.267. The highest BCUT2D eigenvalue weighted by atomic mass is 19.1. The van der Waals surface area contributed by atoms with Crippen molar-refractivity contribution >= 4 is 17.5 Å². The number of aromatic nitrogens is 2. The number of anilines is 2. The molecule has 1 aromatic heterocycles. The van der Waals surface area contributed by atoms with Crippen LogP contribution >= 0.6 is 0 Å². The van der Waals surface area contributed by atoms with Crippen LogP contribution in [-0.2, 0) is 0 Å². The fourth-order valence-electron chi connectivity index (χ4n) is 1.63. The second-order valence-corrected chi connectivity index (χ2v) is 4.65. The Hall–Kier alpha value is -2.50. The van der Waals surface area contributed by atoms with Crippen molar-refractivity contribution in [3.63, 3.8) is 0 Å². The van der Waals surface area contributed by atoms with Gasteiger partial charge in [0, 0.05) is 12.2 Å². The van der Waals surface area contributed by atoms with Gasteiger partial charge in [-0.3, -0.25) is 4.79 Å². The molecule has 5 nitrogen and oxygen atoms in total. The van der Waals surface area contributed by atoms with Gasteiger partial charge in [0.25, 0.3) is 5.91 Å². The van der Waals surface area contributed by atoms with E-state index in [2.05, 4.69) is 20.6 Å². The molecule has 0 radical (unpaired) electrons. The van der Waals surface area contributed by atoms with Crippen molar-refractivity contribution in [1.82, 2.24) is 9.97 Å². The monoisotopic (exact) mass is 288 g/mol. The molecule has 1 atom stereocenters. The third kappa shape index (κ3) is 3.98. The van der Waals surface area contributed by atoms with E-state index in [1.165, 1.54) is 24.4 Å². The smallest absolute Gasteiger partial charge is 0.274 e. The lowest BCUT2D eigenvalue weighted by atomic mass is 10.2. The zero-order valence-electron chi connectivity index (χ0n) is 11.9. The SMILES string of the molecule is CCC(C)Nc1nccc(C(=O)Nc2ccccc2F)n1. The molecule has 0 aliphatic carbocycles. The zero-order chi connectivity index (χ0) is 15.2. The Bertz CT molecular complexity index is 633. The minimum atomic E-state index is -0.488. The van der Waals surface area contributed by atoms with Crippen molar-refractivity contribution in [2.75, 3.05) is 10.6 Å². The fourth-order valence-corrected chi connectivity index (χ4v) is 1.63. The molecule has 0 spiro atoms. The van der Waals surface area contributed by atoms with Gasteiger partial charge >= 0.3 is 0 Å². The van der Waals surface area contributed by atoms with Gasteiger partial charge < -0.3 is 10.6 Å². The van der Waals surface area contributed by atoms with Crippen LogP contribution in [0.2, 0.25) is 0 Å². The number of carbonyl (C=O) groups is 1. The number of nitrogens with zero attached hydrogens (tertiary/aromatic N) is 2. The number of para-hydroxylation sites is 1. The van der Waals surface area contributed by atoms with Crippen LogP contribution in [0.4, 0.5) is 16.0 Å². The first-order chi connectivity index (χ1) is 10.1. The summed E-state index contributed by atoms with van der Waals surface area (Å²) in [5.41, 5.74) is 0.302. The molecule has 2 rings (SSSR count). The van der Waals surface area contributed by atoms with Gasteiger partial charge in [0.2, 0.25) is 5.95 Å². The van der Waals surface area contributed by atoms with Crippen LogP contribution in [0.15, 0.2) is 36.5 Å². The van der Waals surface area contributed by atoms with E-state index >= 15 is 0 Å². The summed E-state index contributed by atoms with van der Waals surface area (Å²) < 4.78 is 13.5. The lowest BCUT2D eigenvalue weighted by Crippen LogP contribution is -2.19. The minimum absolute atomic E-state index is 0.123. The van der Waals surface area contributed by atoms with Crippen LogP contribution in [-0.4, -0.2) is 21.9 Å². The summed E-state index contributed by atoms with van der Waals surface area (Å²) in [4.78, 5) is 20.3. The van der Waals surface area contributed by atoms with Crippen molar-refractivity contribution in [1.29, 1.82) is 0 Å². The lowest BCUT2D eigenvalue weighted by Gasteiger charge is -2.11. The topological polar surface area (TPSA) is 66.9 Å². The maximum absolute atomic E-state index is 13.5. The summed E-state index contributed by atoms with van der Waals surface area (Å²) in [7, 11) is 0. The molecule has 0 aliphatic heterocycles. The number of carbonyl (C=O) groups excluding carboxylic acids is 1. The van der Waals surface area contributed by atoms with Crippen molar-refractivity contribution in [2.24, 2.45) is 0 Å². The zero-order valence-corrected chi connectivity index (χ0v) is 11.9. The summed E-state index contributed by atoms with van der Waals surface area (Å²) in [6, 6.07) is 7.67. The van der Waals surface area contributed by atoms with E-state index in [0.717, 1.165) is 6.42 Å². The number of hydrogen-bond acceptors (Lipinski definition) is 4. The van der Waals surface area contributed by atoms with Gasteiger partial charge in [-0.2, -0.15) is 0 Å². The Balaban J connectivity index is 2.12. The Labute approximate surface area is 122 Å². The maximum Gasteiger partial charge on any atom is 0.274 e. The minimum Gasteiger partial charge on any atom is -0.352 e. The molecule has 1 unspecified atom stereocenters. The van der Waals surface area contributed by atoms with Gasteiger partial charge in [-0.05, 0) is 31.5 Å². The number of hydrogen-bond donors (Lipinski definition) is 2. The highest BCUT2D eigenvalue weighted by molar-refractivity contribution is 6.03. The summed E-state index contributed by atoms with van der Waals surface area (Å²) in [5, 5.41) is 5.57. The largest absolute Gasteiger partial charge is 0.352 e. The van der Waals surface area contributed by atoms with E-state index in [0.29, 0.717) is 5.95 Å². The second kappa shape index (κ2) is 6.78. The molecule has 0 saturated heterocycles. The molecule has 1 aromatic carbocycles. The van der Waals surface area contributed by atoms with E-state index in [1.807, 2.05) is 13.8 Å². The molecule has 0 saturated carbocycles. The van der Waals surface area contributed by atoms with E-state index in [9.17, 15) is 9.18 Å². The standard InChI is InChI=1S/C15H17FN4O/c1-3-10(2)18-15-17-9-8-13(20-15)14(21)19-12-7-5-4-6-11(12)16/h4-10H,3H2,1-2H3,(H,19,21)(H,17,18,20). The summed E-state index contributed by atoms with van der Waals surface area (Å²) in [5.74, 6) is -0.585. The van der Waals surface area contributed by atoms with Gasteiger partial charge in [-0.25, -0.2) is 14.4 Å². The van der Waals surface area contributed by atoms with E-state index in [1.54, 1.807) is 12.1 Å². The number of halogens is 1. The molecule has 2 N–H and O–H groups in total. The van der Waals surface area contributed by atoms with Crippen molar-refractivity contribution in [3.8, 4) is 0 Å². The van der Waals surface area contributed by atoms with Gasteiger partial charge in [0.05, 0.1) is 5.69 Å². The van der Waals surface area contributed by atoms with E-state index < -0.39 is 11.7 Å². The molecular formula is C15H17FN4O. The highest BCUT2D eigenvalue weighted by Gasteiger charge is 2.12. The number of nitrogens with one attached hydrogen (secondary N) is 2. The summed E-state index contributed by atoms with van der Waals surface area (Å²) in [6.07, 6.45) is 2.41. The first-order valence-corrected chi connectivity index (χ1v) is 6.75. The van der Waals surface area contributed by atoms with Gasteiger partial charge in [-0.15, -0.1) is 0 Å².